The predicted molar refractivity (Wildman–Crippen MR) is 95.2 cm³/mol. The molecule has 1 aromatic heterocycles. The number of amides is 2. The first-order valence-electron chi connectivity index (χ1n) is 9.32. The van der Waals surface area contributed by atoms with E-state index >= 15 is 0 Å². The minimum Gasteiger partial charge on any atom is -0.355 e. The molecule has 2 atom stereocenters. The first kappa shape index (κ1) is 17.9. The Bertz CT molecular complexity index is 578. The zero-order valence-electron chi connectivity index (χ0n) is 14.6. The standard InChI is InChI=1S/C19H28N4O2/c20-18-14-4-1-5-15(18)10-16(9-14)19(25)22-8-6-17(24)23-12-13-3-2-7-21-11-13/h2-3,7,11,14-16,18H,1,4-6,8-10,12,20H2,(H,22,25)(H,23,24). The van der Waals surface area contributed by atoms with Crippen LogP contribution in [-0.4, -0.2) is 29.4 Å². The normalized spacial score (nSPS) is 28.2. The van der Waals surface area contributed by atoms with Gasteiger partial charge in [-0.05, 0) is 49.1 Å². The number of nitrogens with zero attached hydrogens (tertiary/aromatic N) is 1. The topological polar surface area (TPSA) is 97.1 Å². The lowest BCUT2D eigenvalue weighted by Gasteiger charge is -2.43. The van der Waals surface area contributed by atoms with Gasteiger partial charge in [-0.15, -0.1) is 0 Å². The zero-order valence-corrected chi connectivity index (χ0v) is 14.6. The minimum atomic E-state index is -0.0633. The summed E-state index contributed by atoms with van der Waals surface area (Å²) in [5.41, 5.74) is 7.24. The van der Waals surface area contributed by atoms with Crippen molar-refractivity contribution in [1.82, 2.24) is 15.6 Å². The van der Waals surface area contributed by atoms with Crippen LogP contribution in [0.1, 0.15) is 44.1 Å². The Morgan fingerprint density at radius 2 is 1.96 bits per heavy atom. The highest BCUT2D eigenvalue weighted by molar-refractivity contribution is 5.80. The molecule has 2 amide bonds. The van der Waals surface area contributed by atoms with E-state index in [0.717, 1.165) is 31.2 Å². The zero-order chi connectivity index (χ0) is 17.6. The van der Waals surface area contributed by atoms with Crippen molar-refractivity contribution in [2.45, 2.75) is 51.1 Å². The number of carbonyl (C=O) groups excluding carboxylic acids is 2. The maximum absolute atomic E-state index is 12.4. The van der Waals surface area contributed by atoms with Gasteiger partial charge in [-0.1, -0.05) is 12.5 Å². The van der Waals surface area contributed by atoms with E-state index in [4.69, 9.17) is 5.73 Å². The van der Waals surface area contributed by atoms with Gasteiger partial charge in [0.15, 0.2) is 0 Å². The van der Waals surface area contributed by atoms with Gasteiger partial charge in [0.25, 0.3) is 0 Å². The summed E-state index contributed by atoms with van der Waals surface area (Å²) in [5.74, 6) is 1.07. The van der Waals surface area contributed by atoms with Crippen molar-refractivity contribution in [2.75, 3.05) is 6.54 Å². The molecule has 0 aromatic carbocycles. The summed E-state index contributed by atoms with van der Waals surface area (Å²) in [7, 11) is 0. The number of nitrogens with two attached hydrogens (primary N) is 1. The van der Waals surface area contributed by atoms with E-state index < -0.39 is 0 Å². The Morgan fingerprint density at radius 3 is 2.64 bits per heavy atom. The fourth-order valence-electron chi connectivity index (χ4n) is 4.24. The van der Waals surface area contributed by atoms with Crippen molar-refractivity contribution >= 4 is 11.8 Å². The first-order chi connectivity index (χ1) is 12.1. The fraction of sp³-hybridized carbons (Fsp3) is 0.632. The Kier molecular flexibility index (Phi) is 6.02. The van der Waals surface area contributed by atoms with Crippen LogP contribution in [0.4, 0.5) is 0 Å². The van der Waals surface area contributed by atoms with Crippen LogP contribution in [0.3, 0.4) is 0 Å². The minimum absolute atomic E-state index is 0.0633. The summed E-state index contributed by atoms with van der Waals surface area (Å²) in [6.07, 6.45) is 9.07. The molecule has 0 saturated heterocycles. The molecule has 3 rings (SSSR count). The van der Waals surface area contributed by atoms with Gasteiger partial charge in [0.05, 0.1) is 0 Å². The van der Waals surface area contributed by atoms with E-state index in [1.54, 1.807) is 12.4 Å². The summed E-state index contributed by atoms with van der Waals surface area (Å²) in [6, 6.07) is 4.03. The molecule has 0 spiro atoms. The molecule has 0 radical (unpaired) electrons. The van der Waals surface area contributed by atoms with E-state index in [0.29, 0.717) is 31.3 Å². The molecular formula is C19H28N4O2. The van der Waals surface area contributed by atoms with Crippen molar-refractivity contribution in [1.29, 1.82) is 0 Å². The number of nitrogens with one attached hydrogen (secondary N) is 2. The van der Waals surface area contributed by atoms with Gasteiger partial charge in [-0.25, -0.2) is 0 Å². The number of rotatable bonds is 6. The summed E-state index contributed by atoms with van der Waals surface area (Å²) in [4.78, 5) is 28.3. The predicted octanol–water partition coefficient (Wildman–Crippen LogP) is 1.36. The number of hydrogen-bond acceptors (Lipinski definition) is 4. The number of fused-ring (bicyclic) bond motifs is 2. The molecule has 1 aromatic rings. The van der Waals surface area contributed by atoms with Crippen LogP contribution in [0.15, 0.2) is 24.5 Å². The lowest BCUT2D eigenvalue weighted by atomic mass is 9.65. The molecular weight excluding hydrogens is 316 g/mol. The Labute approximate surface area is 149 Å². The van der Waals surface area contributed by atoms with Crippen molar-refractivity contribution in [2.24, 2.45) is 23.5 Å². The lowest BCUT2D eigenvalue weighted by molar-refractivity contribution is -0.128. The van der Waals surface area contributed by atoms with Gasteiger partial charge in [0.1, 0.15) is 0 Å². The average Bonchev–Trinajstić information content (AvgIpc) is 2.60. The summed E-state index contributed by atoms with van der Waals surface area (Å²) < 4.78 is 0. The van der Waals surface area contributed by atoms with E-state index in [1.807, 2.05) is 12.1 Å². The largest absolute Gasteiger partial charge is 0.355 e. The molecule has 2 fully saturated rings. The van der Waals surface area contributed by atoms with Crippen LogP contribution < -0.4 is 16.4 Å². The molecule has 0 aliphatic heterocycles. The van der Waals surface area contributed by atoms with E-state index in [2.05, 4.69) is 15.6 Å². The van der Waals surface area contributed by atoms with Crippen molar-refractivity contribution in [3.05, 3.63) is 30.1 Å². The summed E-state index contributed by atoms with van der Waals surface area (Å²) in [6.45, 7) is 0.847. The third-order valence-corrected chi connectivity index (χ3v) is 5.65. The molecule has 4 N–H and O–H groups in total. The van der Waals surface area contributed by atoms with E-state index in [-0.39, 0.29) is 23.8 Å². The first-order valence-corrected chi connectivity index (χ1v) is 9.32. The highest BCUT2D eigenvalue weighted by atomic mass is 16.2. The molecule has 6 nitrogen and oxygen atoms in total. The third kappa shape index (κ3) is 4.78. The van der Waals surface area contributed by atoms with Crippen molar-refractivity contribution in [3.63, 3.8) is 0 Å². The Hall–Kier alpha value is -1.95. The molecule has 136 valence electrons. The van der Waals surface area contributed by atoms with Crippen LogP contribution in [0, 0.1) is 17.8 Å². The van der Waals surface area contributed by atoms with Gasteiger partial charge in [-0.3, -0.25) is 14.6 Å². The van der Waals surface area contributed by atoms with Crippen LogP contribution in [0.25, 0.3) is 0 Å². The van der Waals surface area contributed by atoms with Gasteiger partial charge in [0.2, 0.25) is 11.8 Å². The highest BCUT2D eigenvalue weighted by Gasteiger charge is 2.40. The van der Waals surface area contributed by atoms with Gasteiger partial charge >= 0.3 is 0 Å². The monoisotopic (exact) mass is 344 g/mol. The third-order valence-electron chi connectivity index (χ3n) is 5.65. The summed E-state index contributed by atoms with van der Waals surface area (Å²) >= 11 is 0. The molecule has 2 aliphatic carbocycles. The second-order valence-electron chi connectivity index (χ2n) is 7.38. The molecule has 1 heterocycles. The Morgan fingerprint density at radius 1 is 1.20 bits per heavy atom. The number of carbonyl (C=O) groups is 2. The van der Waals surface area contributed by atoms with Gasteiger partial charge in [0, 0.05) is 43.9 Å². The van der Waals surface area contributed by atoms with Crippen LogP contribution >= 0.6 is 0 Å². The lowest BCUT2D eigenvalue weighted by Crippen LogP contribution is -2.49. The number of aromatic nitrogens is 1. The number of hydrogen-bond donors (Lipinski definition) is 3. The van der Waals surface area contributed by atoms with Gasteiger partial charge in [-0.2, -0.15) is 0 Å². The van der Waals surface area contributed by atoms with Gasteiger partial charge < -0.3 is 16.4 Å². The van der Waals surface area contributed by atoms with Crippen LogP contribution in [0.5, 0.6) is 0 Å². The smallest absolute Gasteiger partial charge is 0.223 e. The number of pyridine rings is 1. The second-order valence-corrected chi connectivity index (χ2v) is 7.38. The Balaban J connectivity index is 1.36. The van der Waals surface area contributed by atoms with E-state index in [1.165, 1.54) is 6.42 Å². The van der Waals surface area contributed by atoms with Crippen molar-refractivity contribution in [3.8, 4) is 0 Å². The average molecular weight is 344 g/mol. The molecule has 2 saturated carbocycles. The fourth-order valence-corrected chi connectivity index (χ4v) is 4.24. The molecule has 2 aliphatic rings. The maximum atomic E-state index is 12.4. The SMILES string of the molecule is NC1C2CCCC1CC(C(=O)NCCC(=O)NCc1cccnc1)C2. The molecule has 25 heavy (non-hydrogen) atoms. The second kappa shape index (κ2) is 8.43. The van der Waals surface area contributed by atoms with E-state index in [9.17, 15) is 9.59 Å². The van der Waals surface area contributed by atoms with Crippen LogP contribution in [-0.2, 0) is 16.1 Å². The molecule has 2 bridgehead atoms. The summed E-state index contributed by atoms with van der Waals surface area (Å²) in [5, 5.41) is 5.78. The quantitative estimate of drug-likeness (QED) is 0.726. The molecule has 6 heteroatoms. The maximum Gasteiger partial charge on any atom is 0.223 e. The highest BCUT2D eigenvalue weighted by Crippen LogP contribution is 2.41. The van der Waals surface area contributed by atoms with Crippen LogP contribution in [0.2, 0.25) is 0 Å². The van der Waals surface area contributed by atoms with Crippen molar-refractivity contribution < 1.29 is 9.59 Å². The molecule has 2 unspecified atom stereocenters.